The number of hydrogen-bond donors (Lipinski definition) is 0. The molecule has 0 saturated heterocycles. The summed E-state index contributed by atoms with van der Waals surface area (Å²) in [5.41, 5.74) is 19.9. The zero-order valence-electron chi connectivity index (χ0n) is 39.1. The molecule has 0 N–H and O–H groups in total. The quantitative estimate of drug-likeness (QED) is 0.109. The Labute approximate surface area is 394 Å². The lowest BCUT2D eigenvalue weighted by Gasteiger charge is -2.42. The fraction of sp³-hybridized carbons (Fsp3) is 0.138. The van der Waals surface area contributed by atoms with E-state index in [1.54, 1.807) is 0 Å². The van der Waals surface area contributed by atoms with Crippen molar-refractivity contribution in [2.24, 2.45) is 0 Å². The number of aromatic nitrogens is 1. The molecule has 2 heteroatoms. The molecular weight excluding hydrogens is 809 g/mol. The summed E-state index contributed by atoms with van der Waals surface area (Å²) in [4.78, 5) is 2.43. The Kier molecular flexibility index (Phi) is 9.42. The molecule has 2 heterocycles. The predicted molar refractivity (Wildman–Crippen MR) is 287 cm³/mol. The second kappa shape index (κ2) is 15.5. The predicted octanol–water partition coefficient (Wildman–Crippen LogP) is 17.8. The third kappa shape index (κ3) is 6.09. The summed E-state index contributed by atoms with van der Waals surface area (Å²) in [7, 11) is 0. The molecule has 324 valence electrons. The van der Waals surface area contributed by atoms with Crippen molar-refractivity contribution in [3.63, 3.8) is 0 Å². The minimum atomic E-state index is -0.302. The molecular formula is C65H54N2. The number of anilines is 2. The van der Waals surface area contributed by atoms with Gasteiger partial charge in [0.2, 0.25) is 0 Å². The van der Waals surface area contributed by atoms with Crippen molar-refractivity contribution >= 4 is 60.3 Å². The van der Waals surface area contributed by atoms with Gasteiger partial charge in [0.05, 0.1) is 11.0 Å². The smallest absolute Gasteiger partial charge is 0.0541 e. The summed E-state index contributed by atoms with van der Waals surface area (Å²) >= 11 is 0. The summed E-state index contributed by atoms with van der Waals surface area (Å²) in [6.45, 7) is 16.0. The second-order valence-electron chi connectivity index (χ2n) is 19.2. The molecule has 9 aromatic carbocycles. The van der Waals surface area contributed by atoms with Gasteiger partial charge in [-0.1, -0.05) is 162 Å². The third-order valence-corrected chi connectivity index (χ3v) is 15.6. The molecule has 2 nitrogen and oxygen atoms in total. The van der Waals surface area contributed by atoms with Crippen LogP contribution in [0.5, 0.6) is 0 Å². The maximum absolute atomic E-state index is 4.26. The van der Waals surface area contributed by atoms with Crippen LogP contribution in [0.1, 0.15) is 69.7 Å². The Morgan fingerprint density at radius 2 is 1.22 bits per heavy atom. The lowest BCUT2D eigenvalue weighted by atomic mass is 9.71. The molecule has 0 saturated carbocycles. The molecule has 67 heavy (non-hydrogen) atoms. The third-order valence-electron chi connectivity index (χ3n) is 15.6. The number of para-hydroxylation sites is 2. The Morgan fingerprint density at radius 3 is 2.01 bits per heavy atom. The number of allylic oxidation sites excluding steroid dienone is 5. The summed E-state index contributed by atoms with van der Waals surface area (Å²) in [6, 6.07) is 70.2. The van der Waals surface area contributed by atoms with Gasteiger partial charge in [-0.25, -0.2) is 0 Å². The maximum atomic E-state index is 4.26. The van der Waals surface area contributed by atoms with Gasteiger partial charge in [0.15, 0.2) is 0 Å². The van der Waals surface area contributed by atoms with Crippen molar-refractivity contribution in [1.29, 1.82) is 0 Å². The van der Waals surface area contributed by atoms with Crippen LogP contribution in [-0.4, -0.2) is 4.57 Å². The van der Waals surface area contributed by atoms with E-state index in [9.17, 15) is 0 Å². The lowest BCUT2D eigenvalue weighted by Crippen LogP contribution is -2.33. The highest BCUT2D eigenvalue weighted by atomic mass is 15.2. The average Bonchev–Trinajstić information content (AvgIpc) is 3.86. The van der Waals surface area contributed by atoms with Gasteiger partial charge >= 0.3 is 0 Å². The van der Waals surface area contributed by atoms with Crippen molar-refractivity contribution < 1.29 is 0 Å². The molecule has 0 spiro atoms. The first-order chi connectivity index (χ1) is 32.7. The zero-order chi connectivity index (χ0) is 45.6. The Morgan fingerprint density at radius 1 is 0.537 bits per heavy atom. The molecule has 0 unspecified atom stereocenters. The molecule has 1 aliphatic carbocycles. The van der Waals surface area contributed by atoms with E-state index in [4.69, 9.17) is 0 Å². The van der Waals surface area contributed by atoms with E-state index in [1.807, 2.05) is 6.08 Å². The van der Waals surface area contributed by atoms with E-state index in [1.165, 1.54) is 105 Å². The van der Waals surface area contributed by atoms with Crippen LogP contribution in [0.4, 0.5) is 11.4 Å². The van der Waals surface area contributed by atoms with Gasteiger partial charge in [0, 0.05) is 44.4 Å². The van der Waals surface area contributed by atoms with Crippen LogP contribution >= 0.6 is 0 Å². The Balaban J connectivity index is 0.993. The molecule has 0 amide bonds. The van der Waals surface area contributed by atoms with Crippen molar-refractivity contribution in [3.8, 4) is 27.9 Å². The first-order valence-electron chi connectivity index (χ1n) is 24.0. The highest BCUT2D eigenvalue weighted by Gasteiger charge is 2.42. The monoisotopic (exact) mass is 862 g/mol. The molecule has 2 aliphatic rings. The van der Waals surface area contributed by atoms with Gasteiger partial charge in [-0.15, -0.1) is 0 Å². The Hall–Kier alpha value is -7.68. The van der Waals surface area contributed by atoms with E-state index in [0.29, 0.717) is 0 Å². The van der Waals surface area contributed by atoms with Gasteiger partial charge in [0.1, 0.15) is 0 Å². The second-order valence-corrected chi connectivity index (χ2v) is 19.2. The highest BCUT2D eigenvalue weighted by Crippen LogP contribution is 2.55. The zero-order valence-corrected chi connectivity index (χ0v) is 39.1. The summed E-state index contributed by atoms with van der Waals surface area (Å²) < 4.78 is 2.47. The van der Waals surface area contributed by atoms with E-state index >= 15 is 0 Å². The highest BCUT2D eigenvalue weighted by molar-refractivity contribution is 6.11. The standard InChI is InChI=1S/C65H54N2/c1-7-43(44-20-12-10-13-21-44)40-58-42(4)66(50-22-14-11-15-23-50)62-35-31-47(41-59(62)64(58,5)6)46-30-34-61-56(38-46)53-25-17-19-27-60(53)67(61)51-32-28-45-36-48-29-33-54-52-24-16-18-26-57(52)65(8-2,9-3)63(54)55(48)39-49(45)37-51/h7,10-41H,1,8-9H2,2-6H3/b43-40+. The van der Waals surface area contributed by atoms with Crippen LogP contribution in [0, 0.1) is 0 Å². The average molecular weight is 863 g/mol. The molecule has 0 atom stereocenters. The summed E-state index contributed by atoms with van der Waals surface area (Å²) in [5.74, 6) is 0. The largest absolute Gasteiger partial charge is 0.314 e. The molecule has 0 radical (unpaired) electrons. The number of rotatable bonds is 8. The summed E-state index contributed by atoms with van der Waals surface area (Å²) in [6.07, 6.45) is 6.49. The topological polar surface area (TPSA) is 8.17 Å². The Bertz CT molecular complexity index is 3700. The molecule has 0 bridgehead atoms. The van der Waals surface area contributed by atoms with Crippen molar-refractivity contribution in [2.45, 2.75) is 58.3 Å². The molecule has 1 aromatic heterocycles. The van der Waals surface area contributed by atoms with Crippen LogP contribution in [0.15, 0.2) is 218 Å². The van der Waals surface area contributed by atoms with Crippen molar-refractivity contribution in [3.05, 3.63) is 240 Å². The van der Waals surface area contributed by atoms with Gasteiger partial charge < -0.3 is 9.47 Å². The minimum Gasteiger partial charge on any atom is -0.314 e. The van der Waals surface area contributed by atoms with E-state index in [0.717, 1.165) is 29.7 Å². The van der Waals surface area contributed by atoms with Crippen molar-refractivity contribution in [2.75, 3.05) is 4.90 Å². The molecule has 0 fully saturated rings. The molecule has 1 aliphatic heterocycles. The van der Waals surface area contributed by atoms with Gasteiger partial charge in [-0.3, -0.25) is 0 Å². The maximum Gasteiger partial charge on any atom is 0.0541 e. The van der Waals surface area contributed by atoms with E-state index in [-0.39, 0.29) is 10.8 Å². The number of benzene rings is 9. The fourth-order valence-electron chi connectivity index (χ4n) is 12.2. The van der Waals surface area contributed by atoms with Gasteiger partial charge in [0.25, 0.3) is 0 Å². The van der Waals surface area contributed by atoms with Gasteiger partial charge in [-0.2, -0.15) is 0 Å². The number of nitrogens with zero attached hydrogens (tertiary/aromatic N) is 2. The lowest BCUT2D eigenvalue weighted by molar-refractivity contribution is 0.494. The molecule has 12 rings (SSSR count). The van der Waals surface area contributed by atoms with Crippen LogP contribution < -0.4 is 4.90 Å². The van der Waals surface area contributed by atoms with Crippen LogP contribution in [0.25, 0.3) is 76.9 Å². The first-order valence-corrected chi connectivity index (χ1v) is 24.0. The fourth-order valence-corrected chi connectivity index (χ4v) is 12.2. The normalized spacial score (nSPS) is 15.1. The number of hydrogen-bond acceptors (Lipinski definition) is 1. The van der Waals surface area contributed by atoms with Crippen LogP contribution in [-0.2, 0) is 10.8 Å². The molecule has 10 aromatic rings. The van der Waals surface area contributed by atoms with Crippen LogP contribution in [0.3, 0.4) is 0 Å². The minimum absolute atomic E-state index is 0.00271. The van der Waals surface area contributed by atoms with E-state index < -0.39 is 0 Å². The van der Waals surface area contributed by atoms with E-state index in [2.05, 4.69) is 245 Å². The van der Waals surface area contributed by atoms with Gasteiger partial charge in [-0.05, 0) is 170 Å². The first kappa shape index (κ1) is 40.8. The van der Waals surface area contributed by atoms with Crippen molar-refractivity contribution in [1.82, 2.24) is 4.57 Å². The number of fused-ring (bicyclic) bond motifs is 10. The SMILES string of the molecule is C=C/C(=C\C1=C(C)N(c2ccccc2)c2ccc(-c3ccc4c(c3)c3ccccc3n4-c3ccc4cc5ccc6c(c5cc4c3)C(CC)(CC)c3ccccc3-6)cc2C1(C)C)c1ccccc1. The van der Waals surface area contributed by atoms with Crippen LogP contribution in [0.2, 0.25) is 0 Å². The summed E-state index contributed by atoms with van der Waals surface area (Å²) in [5, 5.41) is 7.72.